The molecule has 0 unspecified atom stereocenters. The molecular weight excluding hydrogens is 202 g/mol. The van der Waals surface area contributed by atoms with Gasteiger partial charge in [-0.15, -0.1) is 0 Å². The molecule has 0 fully saturated rings. The third kappa shape index (κ3) is 5.00. The van der Waals surface area contributed by atoms with E-state index in [1.807, 2.05) is 0 Å². The third-order valence-electron chi connectivity index (χ3n) is 2.19. The minimum absolute atomic E-state index is 0.982. The van der Waals surface area contributed by atoms with Gasteiger partial charge in [-0.2, -0.15) is 0 Å². The van der Waals surface area contributed by atoms with Crippen molar-refractivity contribution in [3.8, 4) is 0 Å². The summed E-state index contributed by atoms with van der Waals surface area (Å²) in [6.45, 7) is 6.50. The maximum atomic E-state index is 5.44. The van der Waals surface area contributed by atoms with Crippen molar-refractivity contribution in [2.75, 3.05) is 5.48 Å². The van der Waals surface area contributed by atoms with Crippen LogP contribution in [-0.4, -0.2) is 9.04 Å². The molecular formula is C12H21NOSi. The predicted molar refractivity (Wildman–Crippen MR) is 68.6 cm³/mol. The van der Waals surface area contributed by atoms with E-state index < -0.39 is 9.04 Å². The number of nitrogens with one attached hydrogen (secondary N) is 1. The van der Waals surface area contributed by atoms with Gasteiger partial charge in [0.25, 0.3) is 0 Å². The number of unbranched alkanes of at least 4 members (excludes halogenated alkanes) is 1. The van der Waals surface area contributed by atoms with E-state index in [-0.39, 0.29) is 0 Å². The summed E-state index contributed by atoms with van der Waals surface area (Å²) in [5, 5.41) is 0. The van der Waals surface area contributed by atoms with E-state index in [1.54, 1.807) is 0 Å². The lowest BCUT2D eigenvalue weighted by molar-refractivity contribution is 0.419. The molecule has 1 N–H and O–H groups in total. The summed E-state index contributed by atoms with van der Waals surface area (Å²) in [6, 6.07) is 8.51. The van der Waals surface area contributed by atoms with Gasteiger partial charge in [0.05, 0.1) is 5.69 Å². The first-order valence-corrected chi connectivity index (χ1v) is 8.51. The minimum atomic E-state index is -0.982. The number of rotatable bonds is 6. The van der Waals surface area contributed by atoms with Crippen molar-refractivity contribution in [2.24, 2.45) is 0 Å². The highest BCUT2D eigenvalue weighted by Gasteiger charge is 1.97. The zero-order chi connectivity index (χ0) is 11.1. The van der Waals surface area contributed by atoms with Crippen LogP contribution in [0.5, 0.6) is 0 Å². The van der Waals surface area contributed by atoms with Crippen LogP contribution in [0.1, 0.15) is 25.3 Å². The number of anilines is 1. The van der Waals surface area contributed by atoms with Crippen LogP contribution in [0, 0.1) is 0 Å². The maximum Gasteiger partial charge on any atom is 0.208 e. The summed E-state index contributed by atoms with van der Waals surface area (Å²) < 4.78 is 5.44. The van der Waals surface area contributed by atoms with Crippen LogP contribution < -0.4 is 5.48 Å². The highest BCUT2D eigenvalue weighted by atomic mass is 28.3. The number of hydrogen-bond donors (Lipinski definition) is 1. The smallest absolute Gasteiger partial charge is 0.208 e. The normalized spacial score (nSPS) is 10.7. The summed E-state index contributed by atoms with van der Waals surface area (Å²) in [7, 11) is -0.982. The first kappa shape index (κ1) is 12.3. The summed E-state index contributed by atoms with van der Waals surface area (Å²) in [6.07, 6.45) is 3.70. The Morgan fingerprint density at radius 1 is 1.20 bits per heavy atom. The molecule has 0 saturated heterocycles. The van der Waals surface area contributed by atoms with Gasteiger partial charge in [0.1, 0.15) is 0 Å². The molecule has 0 aliphatic rings. The molecule has 3 heteroatoms. The fraction of sp³-hybridized carbons (Fsp3) is 0.500. The molecule has 2 nitrogen and oxygen atoms in total. The van der Waals surface area contributed by atoms with Crippen molar-refractivity contribution in [2.45, 2.75) is 39.3 Å². The van der Waals surface area contributed by atoms with Crippen molar-refractivity contribution in [3.05, 3.63) is 29.8 Å². The van der Waals surface area contributed by atoms with Crippen molar-refractivity contribution < 1.29 is 4.53 Å². The monoisotopic (exact) mass is 223 g/mol. The van der Waals surface area contributed by atoms with Gasteiger partial charge in [0, 0.05) is 0 Å². The molecule has 0 amide bonds. The van der Waals surface area contributed by atoms with Gasteiger partial charge in [-0.3, -0.25) is 5.48 Å². The van der Waals surface area contributed by atoms with Gasteiger partial charge in [-0.25, -0.2) is 0 Å². The Balaban J connectivity index is 2.41. The molecule has 0 aromatic heterocycles. The van der Waals surface area contributed by atoms with Crippen molar-refractivity contribution in [1.29, 1.82) is 0 Å². The first-order chi connectivity index (χ1) is 7.22. The van der Waals surface area contributed by atoms with E-state index in [9.17, 15) is 0 Å². The van der Waals surface area contributed by atoms with Gasteiger partial charge in [0.15, 0.2) is 0 Å². The van der Waals surface area contributed by atoms with Crippen LogP contribution in [-0.2, 0) is 10.9 Å². The molecule has 84 valence electrons. The lowest BCUT2D eigenvalue weighted by Gasteiger charge is -2.09. The second-order valence-corrected chi connectivity index (χ2v) is 6.40. The van der Waals surface area contributed by atoms with Crippen LogP contribution in [0.2, 0.25) is 13.1 Å². The first-order valence-electron chi connectivity index (χ1n) is 5.73. The predicted octanol–water partition coefficient (Wildman–Crippen LogP) is 3.36. The molecule has 1 rings (SSSR count). The van der Waals surface area contributed by atoms with E-state index >= 15 is 0 Å². The summed E-state index contributed by atoms with van der Waals surface area (Å²) in [5.74, 6) is 0. The SMILES string of the molecule is CCCCc1ccc(NO[SiH](C)C)cc1. The lowest BCUT2D eigenvalue weighted by atomic mass is 10.1. The molecule has 1 aromatic carbocycles. The second kappa shape index (κ2) is 6.64. The summed E-state index contributed by atoms with van der Waals surface area (Å²) >= 11 is 0. The average molecular weight is 223 g/mol. The van der Waals surface area contributed by atoms with E-state index in [4.69, 9.17) is 4.53 Å². The van der Waals surface area contributed by atoms with Crippen molar-refractivity contribution in [1.82, 2.24) is 0 Å². The van der Waals surface area contributed by atoms with Crippen molar-refractivity contribution >= 4 is 14.7 Å². The average Bonchev–Trinajstić information content (AvgIpc) is 2.25. The maximum absolute atomic E-state index is 5.44. The molecule has 15 heavy (non-hydrogen) atoms. The number of benzene rings is 1. The Labute approximate surface area is 94.3 Å². The standard InChI is InChI=1S/C12H21NOSi/c1-4-5-6-11-7-9-12(10-8-11)13-14-15(2)3/h7-10,13,15H,4-6H2,1-3H3. The largest absolute Gasteiger partial charge is 0.326 e. The van der Waals surface area contributed by atoms with Gasteiger partial charge < -0.3 is 4.53 Å². The third-order valence-corrected chi connectivity index (χ3v) is 2.77. The Morgan fingerprint density at radius 3 is 2.40 bits per heavy atom. The molecule has 0 bridgehead atoms. The molecule has 0 aliphatic carbocycles. The van der Waals surface area contributed by atoms with Gasteiger partial charge in [-0.1, -0.05) is 25.5 Å². The van der Waals surface area contributed by atoms with Crippen LogP contribution in [0.25, 0.3) is 0 Å². The molecule has 0 aliphatic heterocycles. The number of aryl methyl sites for hydroxylation is 1. The van der Waals surface area contributed by atoms with Crippen LogP contribution in [0.15, 0.2) is 24.3 Å². The van der Waals surface area contributed by atoms with Crippen LogP contribution in [0.3, 0.4) is 0 Å². The van der Waals surface area contributed by atoms with Gasteiger partial charge >= 0.3 is 0 Å². The van der Waals surface area contributed by atoms with E-state index in [1.165, 1.54) is 24.8 Å². The Hall–Kier alpha value is -0.803. The van der Waals surface area contributed by atoms with E-state index in [0.717, 1.165) is 5.69 Å². The van der Waals surface area contributed by atoms with Gasteiger partial charge in [-0.05, 0) is 43.6 Å². The Bertz CT molecular complexity index is 271. The molecule has 0 spiro atoms. The molecule has 0 atom stereocenters. The van der Waals surface area contributed by atoms with Crippen LogP contribution in [0.4, 0.5) is 5.69 Å². The summed E-state index contributed by atoms with van der Waals surface area (Å²) in [4.78, 5) is 0. The molecule has 0 heterocycles. The zero-order valence-electron chi connectivity index (χ0n) is 9.92. The topological polar surface area (TPSA) is 21.3 Å². The number of hydrogen-bond acceptors (Lipinski definition) is 2. The quantitative estimate of drug-likeness (QED) is 0.590. The van der Waals surface area contributed by atoms with E-state index in [2.05, 4.69) is 49.8 Å². The zero-order valence-corrected chi connectivity index (χ0v) is 11.1. The molecule has 1 aromatic rings. The Morgan fingerprint density at radius 2 is 1.87 bits per heavy atom. The Kier molecular flexibility index (Phi) is 5.43. The molecule has 0 saturated carbocycles. The van der Waals surface area contributed by atoms with Gasteiger partial charge in [0.2, 0.25) is 9.04 Å². The highest BCUT2D eigenvalue weighted by molar-refractivity contribution is 6.48. The second-order valence-electron chi connectivity index (χ2n) is 4.07. The minimum Gasteiger partial charge on any atom is -0.326 e. The lowest BCUT2D eigenvalue weighted by Crippen LogP contribution is -2.13. The highest BCUT2D eigenvalue weighted by Crippen LogP contribution is 2.11. The fourth-order valence-corrected chi connectivity index (χ4v) is 1.68. The summed E-state index contributed by atoms with van der Waals surface area (Å²) in [5.41, 5.74) is 5.45. The van der Waals surface area contributed by atoms with E-state index in [0.29, 0.717) is 0 Å². The fourth-order valence-electron chi connectivity index (χ4n) is 1.31. The van der Waals surface area contributed by atoms with Crippen molar-refractivity contribution in [3.63, 3.8) is 0 Å². The van der Waals surface area contributed by atoms with Crippen LogP contribution >= 0.6 is 0 Å². The molecule has 0 radical (unpaired) electrons.